The second kappa shape index (κ2) is 6.69. The van der Waals surface area contributed by atoms with E-state index in [9.17, 15) is 5.11 Å². The van der Waals surface area contributed by atoms with Crippen LogP contribution in [0.2, 0.25) is 0 Å². The van der Waals surface area contributed by atoms with Crippen LogP contribution in [0.25, 0.3) is 0 Å². The zero-order valence-electron chi connectivity index (χ0n) is 10.9. The van der Waals surface area contributed by atoms with Gasteiger partial charge in [-0.25, -0.2) is 0 Å². The Balaban J connectivity index is 1.58. The van der Waals surface area contributed by atoms with Gasteiger partial charge >= 0.3 is 0 Å². The molecule has 2 heterocycles. The van der Waals surface area contributed by atoms with Crippen LogP contribution in [0, 0.1) is 11.8 Å². The van der Waals surface area contributed by atoms with Crippen molar-refractivity contribution < 1.29 is 9.84 Å². The molecule has 0 radical (unpaired) electrons. The number of β-amino-alcohol motifs (C(OH)–C–C–N with tert-alkyl or cyclic N) is 1. The van der Waals surface area contributed by atoms with E-state index < -0.39 is 0 Å². The largest absolute Gasteiger partial charge is 0.389 e. The molecule has 2 N–H and O–H groups in total. The number of rotatable bonds is 7. The summed E-state index contributed by atoms with van der Waals surface area (Å²) in [6.45, 7) is 8.80. The molecular weight excluding hydrogens is 216 g/mol. The van der Waals surface area contributed by atoms with Crippen LogP contribution in [-0.2, 0) is 4.74 Å². The molecule has 3 atom stereocenters. The number of nitrogens with zero attached hydrogens (tertiary/aromatic N) is 1. The van der Waals surface area contributed by atoms with E-state index in [1.807, 2.05) is 0 Å². The first-order valence-electron chi connectivity index (χ1n) is 6.98. The normalized spacial score (nSPS) is 30.7. The molecule has 0 amide bonds. The lowest BCUT2D eigenvalue weighted by atomic mass is 10.0. The third kappa shape index (κ3) is 3.91. The summed E-state index contributed by atoms with van der Waals surface area (Å²) in [5.74, 6) is 1.62. The molecule has 100 valence electrons. The smallest absolute Gasteiger partial charge is 0.0900 e. The highest BCUT2D eigenvalue weighted by Gasteiger charge is 2.36. The standard InChI is InChI=1S/C13H26N2O2/c1-2-3-4-17-10-13(16)9-15-7-11-5-14-6-12(11)8-15/h11-14,16H,2-10H2,1H3/t11-,12+,13?. The fourth-order valence-corrected chi connectivity index (χ4v) is 2.92. The number of aliphatic hydroxyl groups excluding tert-OH is 1. The van der Waals surface area contributed by atoms with Crippen molar-refractivity contribution in [3.05, 3.63) is 0 Å². The van der Waals surface area contributed by atoms with E-state index in [0.29, 0.717) is 6.61 Å². The van der Waals surface area contributed by atoms with E-state index in [1.165, 1.54) is 0 Å². The maximum absolute atomic E-state index is 9.89. The fraction of sp³-hybridized carbons (Fsp3) is 1.00. The maximum Gasteiger partial charge on any atom is 0.0900 e. The number of nitrogens with one attached hydrogen (secondary N) is 1. The lowest BCUT2D eigenvalue weighted by Gasteiger charge is -2.20. The molecule has 2 aliphatic heterocycles. The van der Waals surface area contributed by atoms with Crippen molar-refractivity contribution in [1.29, 1.82) is 0 Å². The van der Waals surface area contributed by atoms with Gasteiger partial charge in [0.1, 0.15) is 0 Å². The molecule has 0 saturated carbocycles. The minimum absolute atomic E-state index is 0.321. The Bertz CT molecular complexity index is 213. The molecule has 0 aliphatic carbocycles. The molecule has 4 nitrogen and oxygen atoms in total. The van der Waals surface area contributed by atoms with Crippen LogP contribution in [0.4, 0.5) is 0 Å². The van der Waals surface area contributed by atoms with Crippen LogP contribution < -0.4 is 5.32 Å². The van der Waals surface area contributed by atoms with Crippen molar-refractivity contribution in [2.75, 3.05) is 45.9 Å². The van der Waals surface area contributed by atoms with Crippen molar-refractivity contribution in [2.45, 2.75) is 25.9 Å². The fourth-order valence-electron chi connectivity index (χ4n) is 2.92. The zero-order valence-corrected chi connectivity index (χ0v) is 10.9. The van der Waals surface area contributed by atoms with Crippen LogP contribution >= 0.6 is 0 Å². The highest BCUT2D eigenvalue weighted by Crippen LogP contribution is 2.26. The van der Waals surface area contributed by atoms with Crippen molar-refractivity contribution in [1.82, 2.24) is 10.2 Å². The summed E-state index contributed by atoms with van der Waals surface area (Å²) in [6.07, 6.45) is 1.92. The van der Waals surface area contributed by atoms with Gasteiger partial charge in [-0.1, -0.05) is 13.3 Å². The van der Waals surface area contributed by atoms with Crippen LogP contribution in [0.15, 0.2) is 0 Å². The highest BCUT2D eigenvalue weighted by atomic mass is 16.5. The third-order valence-electron chi connectivity index (χ3n) is 3.89. The van der Waals surface area contributed by atoms with Gasteiger partial charge in [-0.2, -0.15) is 0 Å². The highest BCUT2D eigenvalue weighted by molar-refractivity contribution is 4.91. The van der Waals surface area contributed by atoms with Gasteiger partial charge in [-0.15, -0.1) is 0 Å². The quantitative estimate of drug-likeness (QED) is 0.631. The molecule has 0 aromatic heterocycles. The van der Waals surface area contributed by atoms with Crippen molar-refractivity contribution >= 4 is 0 Å². The molecule has 0 aromatic rings. The van der Waals surface area contributed by atoms with Crippen molar-refractivity contribution in [3.63, 3.8) is 0 Å². The number of hydrogen-bond donors (Lipinski definition) is 2. The van der Waals surface area contributed by atoms with Gasteiger partial charge in [0, 0.05) is 26.2 Å². The number of hydrogen-bond acceptors (Lipinski definition) is 4. The number of fused-ring (bicyclic) bond motifs is 1. The Labute approximate surface area is 104 Å². The summed E-state index contributed by atoms with van der Waals surface area (Å²) < 4.78 is 5.45. The van der Waals surface area contributed by atoms with Gasteiger partial charge in [-0.3, -0.25) is 0 Å². The van der Waals surface area contributed by atoms with E-state index in [0.717, 1.165) is 64.0 Å². The molecule has 2 fully saturated rings. The van der Waals surface area contributed by atoms with Crippen LogP contribution in [-0.4, -0.2) is 62.0 Å². The van der Waals surface area contributed by atoms with Crippen LogP contribution in [0.5, 0.6) is 0 Å². The average Bonchev–Trinajstić information content (AvgIpc) is 2.84. The third-order valence-corrected chi connectivity index (χ3v) is 3.89. The summed E-state index contributed by atoms with van der Waals surface area (Å²) in [6, 6.07) is 0. The van der Waals surface area contributed by atoms with E-state index in [1.54, 1.807) is 0 Å². The monoisotopic (exact) mass is 242 g/mol. The molecule has 0 bridgehead atoms. The van der Waals surface area contributed by atoms with Gasteiger partial charge in [0.25, 0.3) is 0 Å². The summed E-state index contributed by atoms with van der Waals surface area (Å²) in [4.78, 5) is 2.39. The summed E-state index contributed by atoms with van der Waals surface area (Å²) in [5.41, 5.74) is 0. The minimum atomic E-state index is -0.321. The van der Waals surface area contributed by atoms with Gasteiger partial charge in [-0.05, 0) is 31.3 Å². The Hall–Kier alpha value is -0.160. The lowest BCUT2D eigenvalue weighted by Crippen LogP contribution is -2.35. The molecule has 4 heteroatoms. The van der Waals surface area contributed by atoms with Gasteiger partial charge < -0.3 is 20.1 Å². The first-order chi connectivity index (χ1) is 8.29. The molecule has 2 saturated heterocycles. The van der Waals surface area contributed by atoms with Gasteiger partial charge in [0.05, 0.1) is 12.7 Å². The van der Waals surface area contributed by atoms with Crippen LogP contribution in [0.1, 0.15) is 19.8 Å². The maximum atomic E-state index is 9.89. The van der Waals surface area contributed by atoms with Crippen LogP contribution in [0.3, 0.4) is 0 Å². The molecule has 2 aliphatic rings. The van der Waals surface area contributed by atoms with Crippen molar-refractivity contribution in [2.24, 2.45) is 11.8 Å². The molecule has 0 spiro atoms. The van der Waals surface area contributed by atoms with Gasteiger partial charge in [0.15, 0.2) is 0 Å². The number of likely N-dealkylation sites (tertiary alicyclic amines) is 1. The zero-order chi connectivity index (χ0) is 12.1. The molecular formula is C13H26N2O2. The second-order valence-electron chi connectivity index (χ2n) is 5.48. The molecule has 17 heavy (non-hydrogen) atoms. The molecule has 1 unspecified atom stereocenters. The van der Waals surface area contributed by atoms with Gasteiger partial charge in [0.2, 0.25) is 0 Å². The first-order valence-corrected chi connectivity index (χ1v) is 6.98. The first kappa shape index (κ1) is 13.3. The van der Waals surface area contributed by atoms with Crippen molar-refractivity contribution in [3.8, 4) is 0 Å². The summed E-state index contributed by atoms with van der Waals surface area (Å²) >= 11 is 0. The SMILES string of the molecule is CCCCOCC(O)CN1C[C@H]2CNC[C@H]2C1. The molecule has 2 rings (SSSR count). The Kier molecular flexibility index (Phi) is 5.22. The van der Waals surface area contributed by atoms with E-state index in [4.69, 9.17) is 4.74 Å². The average molecular weight is 242 g/mol. The topological polar surface area (TPSA) is 44.7 Å². The second-order valence-corrected chi connectivity index (χ2v) is 5.48. The Morgan fingerprint density at radius 1 is 1.35 bits per heavy atom. The van der Waals surface area contributed by atoms with E-state index in [2.05, 4.69) is 17.1 Å². The predicted octanol–water partition coefficient (Wildman–Crippen LogP) is 0.315. The number of unbranched alkanes of at least 4 members (excludes halogenated alkanes) is 1. The predicted molar refractivity (Wildman–Crippen MR) is 68.0 cm³/mol. The number of aliphatic hydroxyl groups is 1. The summed E-state index contributed by atoms with van der Waals surface area (Å²) in [5, 5.41) is 13.3. The molecule has 0 aromatic carbocycles. The number of ether oxygens (including phenoxy) is 1. The summed E-state index contributed by atoms with van der Waals surface area (Å²) in [7, 11) is 0. The Morgan fingerprint density at radius 2 is 2.06 bits per heavy atom. The van der Waals surface area contributed by atoms with E-state index in [-0.39, 0.29) is 6.10 Å². The lowest BCUT2D eigenvalue weighted by molar-refractivity contribution is 0.0185. The van der Waals surface area contributed by atoms with E-state index >= 15 is 0 Å². The minimum Gasteiger partial charge on any atom is -0.389 e. The Morgan fingerprint density at radius 3 is 2.71 bits per heavy atom.